The van der Waals surface area contributed by atoms with E-state index in [0.717, 1.165) is 23.5 Å². The normalized spacial score (nSPS) is 20.1. The number of nitrogens with one attached hydrogen (secondary N) is 1. The number of hydrogen-bond acceptors (Lipinski definition) is 4. The predicted octanol–water partition coefficient (Wildman–Crippen LogP) is 4.22. The van der Waals surface area contributed by atoms with Gasteiger partial charge in [-0.3, -0.25) is 0 Å². The van der Waals surface area contributed by atoms with Crippen LogP contribution in [0.3, 0.4) is 0 Å². The van der Waals surface area contributed by atoms with Crippen molar-refractivity contribution in [3.8, 4) is 6.07 Å². The van der Waals surface area contributed by atoms with Crippen LogP contribution in [-0.4, -0.2) is 12.1 Å². The number of carbonyl (C=O) groups excluding carboxylic acids is 1. The third-order valence-corrected chi connectivity index (χ3v) is 5.07. The molecule has 2 aliphatic rings. The molecule has 1 heterocycles. The van der Waals surface area contributed by atoms with Gasteiger partial charge in [-0.1, -0.05) is 37.3 Å². The summed E-state index contributed by atoms with van der Waals surface area (Å²) in [4.78, 5) is 10.2. The topological polar surface area (TPSA) is 88.1 Å². The minimum Gasteiger partial charge on any atom is -0.445 e. The van der Waals surface area contributed by atoms with E-state index >= 15 is 0 Å². The number of carbonyl (C=O) groups is 1. The second kappa shape index (κ2) is 8.59. The van der Waals surface area contributed by atoms with Gasteiger partial charge >= 0.3 is 6.09 Å². The van der Waals surface area contributed by atoms with Gasteiger partial charge in [0.1, 0.15) is 6.61 Å². The summed E-state index contributed by atoms with van der Waals surface area (Å²) in [5, 5.41) is 12.5. The third kappa shape index (κ3) is 5.24. The first kappa shape index (κ1) is 18.8. The van der Waals surface area contributed by atoms with Gasteiger partial charge < -0.3 is 15.8 Å². The third-order valence-electron chi connectivity index (χ3n) is 5.07. The van der Waals surface area contributed by atoms with Gasteiger partial charge in [0.25, 0.3) is 0 Å². The summed E-state index contributed by atoms with van der Waals surface area (Å²) < 4.78 is 4.57. The van der Waals surface area contributed by atoms with Crippen molar-refractivity contribution in [2.75, 3.05) is 5.32 Å². The van der Waals surface area contributed by atoms with E-state index < -0.39 is 6.09 Å². The van der Waals surface area contributed by atoms with Gasteiger partial charge in [-0.2, -0.15) is 5.26 Å². The molecule has 0 radical (unpaired) electrons. The van der Waals surface area contributed by atoms with Crippen LogP contribution >= 0.6 is 0 Å². The van der Waals surface area contributed by atoms with E-state index in [9.17, 15) is 4.79 Å². The van der Waals surface area contributed by atoms with E-state index in [0.29, 0.717) is 12.0 Å². The molecule has 1 unspecified atom stereocenters. The number of fused-ring (bicyclic) bond motifs is 1. The maximum absolute atomic E-state index is 10.2. The molecule has 2 aromatic carbocycles. The highest BCUT2D eigenvalue weighted by Crippen LogP contribution is 2.41. The lowest BCUT2D eigenvalue weighted by atomic mass is 9.85. The van der Waals surface area contributed by atoms with Crippen LogP contribution in [0.2, 0.25) is 0 Å². The lowest BCUT2D eigenvalue weighted by Crippen LogP contribution is -2.35. The summed E-state index contributed by atoms with van der Waals surface area (Å²) in [6.45, 7) is 2.56. The molecule has 5 nitrogen and oxygen atoms in total. The van der Waals surface area contributed by atoms with Gasteiger partial charge in [-0.15, -0.1) is 0 Å². The zero-order chi connectivity index (χ0) is 19.2. The zero-order valence-electron chi connectivity index (χ0n) is 15.5. The minimum absolute atomic E-state index is 0.246. The van der Waals surface area contributed by atoms with Gasteiger partial charge in [0.05, 0.1) is 11.6 Å². The molecule has 1 aliphatic heterocycles. The summed E-state index contributed by atoms with van der Waals surface area (Å²) in [5.74, 6) is 1.58. The molecular formula is C22H25N3O2. The fraction of sp³-hybridized carbons (Fsp3) is 0.364. The van der Waals surface area contributed by atoms with Gasteiger partial charge in [-0.25, -0.2) is 4.79 Å². The van der Waals surface area contributed by atoms with E-state index in [1.165, 1.54) is 24.1 Å². The average Bonchev–Trinajstić information content (AvgIpc) is 3.52. The molecule has 2 aromatic rings. The first-order valence-corrected chi connectivity index (χ1v) is 9.32. The SMILES string of the molecule is CC1Cc2cc(C#N)ccc2N[C@H]1C1CC1.NC(=O)OCc1ccccc1. The molecule has 4 rings (SSSR count). The summed E-state index contributed by atoms with van der Waals surface area (Å²) in [6.07, 6.45) is 3.13. The van der Waals surface area contributed by atoms with E-state index in [1.807, 2.05) is 42.5 Å². The van der Waals surface area contributed by atoms with Gasteiger partial charge in [0.2, 0.25) is 0 Å². The van der Waals surface area contributed by atoms with Crippen molar-refractivity contribution >= 4 is 11.8 Å². The highest BCUT2D eigenvalue weighted by Gasteiger charge is 2.37. The Morgan fingerprint density at radius 2 is 2.00 bits per heavy atom. The van der Waals surface area contributed by atoms with Crippen LogP contribution in [0.25, 0.3) is 0 Å². The molecule has 0 spiro atoms. The van der Waals surface area contributed by atoms with Crippen molar-refractivity contribution in [2.45, 2.75) is 38.8 Å². The Balaban J connectivity index is 0.000000168. The zero-order valence-corrected chi connectivity index (χ0v) is 15.5. The molecule has 1 amide bonds. The summed E-state index contributed by atoms with van der Waals surface area (Å²) in [6, 6.07) is 18.2. The number of ether oxygens (including phenoxy) is 1. The molecule has 0 saturated heterocycles. The number of anilines is 1. The summed E-state index contributed by atoms with van der Waals surface area (Å²) in [5.41, 5.74) is 9.04. The first-order chi connectivity index (χ1) is 13.1. The van der Waals surface area contributed by atoms with Gasteiger partial charge in [0, 0.05) is 11.7 Å². The Morgan fingerprint density at radius 1 is 1.26 bits per heavy atom. The number of nitriles is 1. The Hall–Kier alpha value is -3.00. The quantitative estimate of drug-likeness (QED) is 0.854. The van der Waals surface area contributed by atoms with Crippen LogP contribution in [0.5, 0.6) is 0 Å². The van der Waals surface area contributed by atoms with E-state index in [2.05, 4.69) is 29.1 Å². The molecule has 0 aromatic heterocycles. The molecule has 3 N–H and O–H groups in total. The number of hydrogen-bond donors (Lipinski definition) is 2. The molecule has 1 saturated carbocycles. The number of primary amides is 1. The van der Waals surface area contributed by atoms with Crippen LogP contribution in [0.1, 0.15) is 36.5 Å². The fourth-order valence-electron chi connectivity index (χ4n) is 3.54. The Labute approximate surface area is 160 Å². The monoisotopic (exact) mass is 363 g/mol. The highest BCUT2D eigenvalue weighted by molar-refractivity contribution is 5.64. The van der Waals surface area contributed by atoms with Gasteiger partial charge in [-0.05, 0) is 60.4 Å². The smallest absolute Gasteiger partial charge is 0.404 e. The highest BCUT2D eigenvalue weighted by atomic mass is 16.5. The number of rotatable bonds is 3. The number of amides is 1. The summed E-state index contributed by atoms with van der Waals surface area (Å²) >= 11 is 0. The lowest BCUT2D eigenvalue weighted by molar-refractivity contribution is 0.150. The molecule has 1 fully saturated rings. The van der Waals surface area contributed by atoms with Crippen molar-refractivity contribution in [1.29, 1.82) is 5.26 Å². The molecule has 27 heavy (non-hydrogen) atoms. The van der Waals surface area contributed by atoms with E-state index in [-0.39, 0.29) is 6.61 Å². The van der Waals surface area contributed by atoms with Crippen LogP contribution in [0, 0.1) is 23.2 Å². The maximum Gasteiger partial charge on any atom is 0.404 e. The van der Waals surface area contributed by atoms with Crippen LogP contribution < -0.4 is 11.1 Å². The van der Waals surface area contributed by atoms with Crippen molar-refractivity contribution in [3.63, 3.8) is 0 Å². The Bertz CT molecular complexity index is 825. The Kier molecular flexibility index (Phi) is 5.97. The molecular weight excluding hydrogens is 338 g/mol. The Morgan fingerprint density at radius 3 is 2.63 bits per heavy atom. The lowest BCUT2D eigenvalue weighted by Gasteiger charge is -2.33. The molecule has 2 atom stereocenters. The van der Waals surface area contributed by atoms with Crippen molar-refractivity contribution in [2.24, 2.45) is 17.6 Å². The molecule has 140 valence electrons. The maximum atomic E-state index is 10.2. The second-order valence-corrected chi connectivity index (χ2v) is 7.27. The fourth-order valence-corrected chi connectivity index (χ4v) is 3.54. The van der Waals surface area contributed by atoms with Crippen LogP contribution in [0.4, 0.5) is 10.5 Å². The number of nitrogens with zero attached hydrogens (tertiary/aromatic N) is 1. The second-order valence-electron chi connectivity index (χ2n) is 7.27. The number of nitrogens with two attached hydrogens (primary N) is 1. The predicted molar refractivity (Wildman–Crippen MR) is 105 cm³/mol. The molecule has 1 aliphatic carbocycles. The van der Waals surface area contributed by atoms with E-state index in [1.54, 1.807) is 0 Å². The van der Waals surface area contributed by atoms with Crippen LogP contribution in [0.15, 0.2) is 48.5 Å². The molecule has 5 heteroatoms. The van der Waals surface area contributed by atoms with Crippen molar-refractivity contribution in [1.82, 2.24) is 0 Å². The van der Waals surface area contributed by atoms with Crippen molar-refractivity contribution in [3.05, 3.63) is 65.2 Å². The average molecular weight is 363 g/mol. The largest absolute Gasteiger partial charge is 0.445 e. The van der Waals surface area contributed by atoms with Crippen molar-refractivity contribution < 1.29 is 9.53 Å². The molecule has 0 bridgehead atoms. The van der Waals surface area contributed by atoms with Gasteiger partial charge in [0.15, 0.2) is 0 Å². The minimum atomic E-state index is -0.742. The first-order valence-electron chi connectivity index (χ1n) is 9.32. The summed E-state index contributed by atoms with van der Waals surface area (Å²) in [7, 11) is 0. The van der Waals surface area contributed by atoms with Crippen LogP contribution in [-0.2, 0) is 17.8 Å². The number of benzene rings is 2. The standard InChI is InChI=1S/C14H16N2.C8H9NO2/c1-9-6-12-7-10(8-15)2-5-13(12)16-14(9)11-3-4-11;9-8(10)11-6-7-4-2-1-3-5-7/h2,5,7,9,11,14,16H,3-4,6H2,1H3;1-5H,6H2,(H2,9,10)/t9?,14-;/m1./s1. The van der Waals surface area contributed by atoms with E-state index in [4.69, 9.17) is 11.0 Å².